The van der Waals surface area contributed by atoms with E-state index in [9.17, 15) is 0 Å². The van der Waals surface area contributed by atoms with Crippen LogP contribution in [0.5, 0.6) is 0 Å². The number of carbonyl (C=O) groups is 2. The summed E-state index contributed by atoms with van der Waals surface area (Å²) in [6.07, 6.45) is 18.6. The highest BCUT2D eigenvalue weighted by Crippen LogP contribution is 2.07. The smallest absolute Gasteiger partial charge is 0.414 e. The van der Waals surface area contributed by atoms with Crippen molar-refractivity contribution in [2.45, 2.75) is 90.7 Å². The Hall–Kier alpha value is -1.93. The average molecular weight is 429 g/mol. The number of aromatic nitrogens is 2. The first-order valence-electron chi connectivity index (χ1n) is 11.1. The number of nitrogens with zero attached hydrogens (tertiary/aromatic N) is 2. The zero-order valence-electron chi connectivity index (χ0n) is 18.6. The van der Waals surface area contributed by atoms with Crippen LogP contribution in [-0.4, -0.2) is 57.6 Å². The molecule has 1 heterocycles. The highest BCUT2D eigenvalue weighted by molar-refractivity contribution is 6.27. The number of carboxylic acid groups (broad SMARTS) is 2. The van der Waals surface area contributed by atoms with Crippen molar-refractivity contribution in [3.8, 4) is 0 Å². The second kappa shape index (κ2) is 20.3. The fraction of sp³-hybridized carbons (Fsp3) is 0.773. The predicted octanol–water partition coefficient (Wildman–Crippen LogP) is 4.38. The maximum atomic E-state index is 9.10. The van der Waals surface area contributed by atoms with E-state index in [1.165, 1.54) is 51.4 Å². The Balaban J connectivity index is 0.00000122. The molecule has 0 fully saturated rings. The van der Waals surface area contributed by atoms with Gasteiger partial charge in [-0.15, -0.1) is 0 Å². The summed E-state index contributed by atoms with van der Waals surface area (Å²) in [6, 6.07) is 0. The summed E-state index contributed by atoms with van der Waals surface area (Å²) >= 11 is 0. The van der Waals surface area contributed by atoms with Gasteiger partial charge in [0.05, 0.1) is 25.6 Å². The second-order valence-corrected chi connectivity index (χ2v) is 7.27. The molecule has 0 amide bonds. The van der Waals surface area contributed by atoms with Crippen LogP contribution < -0.4 is 0 Å². The van der Waals surface area contributed by atoms with Crippen molar-refractivity contribution >= 4 is 11.9 Å². The maximum absolute atomic E-state index is 9.10. The minimum Gasteiger partial charge on any atom is -0.473 e. The van der Waals surface area contributed by atoms with Gasteiger partial charge in [-0.25, -0.2) is 14.6 Å². The molecule has 1 aromatic heterocycles. The minimum atomic E-state index is -1.82. The second-order valence-electron chi connectivity index (χ2n) is 7.27. The van der Waals surface area contributed by atoms with Gasteiger partial charge in [-0.3, -0.25) is 0 Å². The molecule has 0 saturated carbocycles. The van der Waals surface area contributed by atoms with Crippen molar-refractivity contribution in [3.63, 3.8) is 0 Å². The molecule has 8 nitrogen and oxygen atoms in total. The lowest BCUT2D eigenvalue weighted by Crippen LogP contribution is -2.26. The molecule has 0 aliphatic carbocycles. The Bertz CT molecular complexity index is 510. The van der Waals surface area contributed by atoms with Gasteiger partial charge in [0.25, 0.3) is 0 Å². The first-order valence-corrected chi connectivity index (χ1v) is 11.1. The van der Waals surface area contributed by atoms with Gasteiger partial charge in [-0.05, 0) is 12.8 Å². The van der Waals surface area contributed by atoms with Crippen molar-refractivity contribution in [1.82, 2.24) is 9.55 Å². The maximum Gasteiger partial charge on any atom is 0.414 e. The van der Waals surface area contributed by atoms with Gasteiger partial charge < -0.3 is 24.3 Å². The van der Waals surface area contributed by atoms with Gasteiger partial charge >= 0.3 is 11.9 Å². The number of carboxylic acids is 2. The lowest BCUT2D eigenvalue weighted by atomic mass is 10.1. The zero-order valence-corrected chi connectivity index (χ0v) is 18.6. The van der Waals surface area contributed by atoms with Gasteiger partial charge in [-0.1, -0.05) is 65.2 Å². The lowest BCUT2D eigenvalue weighted by Gasteiger charge is -2.18. The van der Waals surface area contributed by atoms with Crippen LogP contribution in [0.15, 0.2) is 18.7 Å². The highest BCUT2D eigenvalue weighted by atomic mass is 16.5. The molecular formula is C22H40N2O6. The molecule has 0 saturated heterocycles. The summed E-state index contributed by atoms with van der Waals surface area (Å²) in [7, 11) is 0. The van der Waals surface area contributed by atoms with Crippen LogP contribution in [0.2, 0.25) is 0 Å². The van der Waals surface area contributed by atoms with Gasteiger partial charge in [0, 0.05) is 25.6 Å². The van der Waals surface area contributed by atoms with Crippen LogP contribution in [0.25, 0.3) is 0 Å². The molecule has 0 radical (unpaired) electrons. The number of rotatable bonds is 17. The monoisotopic (exact) mass is 428 g/mol. The summed E-state index contributed by atoms with van der Waals surface area (Å²) in [5.41, 5.74) is 0. The molecule has 0 spiro atoms. The Labute approximate surface area is 180 Å². The largest absolute Gasteiger partial charge is 0.473 e. The SMILES string of the molecule is CCCCCCCCOCC(Cn1ccnc1)OCCCCCC.O=C(O)C(=O)O. The van der Waals surface area contributed by atoms with Crippen molar-refractivity contribution in [2.75, 3.05) is 19.8 Å². The van der Waals surface area contributed by atoms with Crippen LogP contribution in [0.1, 0.15) is 78.1 Å². The fourth-order valence-corrected chi connectivity index (χ4v) is 2.76. The predicted molar refractivity (Wildman–Crippen MR) is 116 cm³/mol. The Kier molecular flexibility index (Phi) is 19.0. The van der Waals surface area contributed by atoms with Crippen LogP contribution in [0.3, 0.4) is 0 Å². The third kappa shape index (κ3) is 18.1. The molecule has 1 unspecified atom stereocenters. The quantitative estimate of drug-likeness (QED) is 0.280. The molecule has 1 atom stereocenters. The number of ether oxygens (including phenoxy) is 2. The van der Waals surface area contributed by atoms with E-state index in [2.05, 4.69) is 23.4 Å². The Morgan fingerprint density at radius 2 is 1.47 bits per heavy atom. The fourth-order valence-electron chi connectivity index (χ4n) is 2.76. The minimum absolute atomic E-state index is 0.126. The Morgan fingerprint density at radius 1 is 0.900 bits per heavy atom. The average Bonchev–Trinajstić information content (AvgIpc) is 3.23. The van der Waals surface area contributed by atoms with E-state index < -0.39 is 11.9 Å². The summed E-state index contributed by atoms with van der Waals surface area (Å²) in [5.74, 6) is -3.65. The molecule has 0 aliphatic heterocycles. The van der Waals surface area contributed by atoms with E-state index in [0.717, 1.165) is 32.6 Å². The molecule has 1 rings (SSSR count). The van der Waals surface area contributed by atoms with E-state index in [-0.39, 0.29) is 6.10 Å². The normalized spacial score (nSPS) is 11.5. The molecular weight excluding hydrogens is 388 g/mol. The van der Waals surface area contributed by atoms with E-state index in [1.54, 1.807) is 0 Å². The summed E-state index contributed by atoms with van der Waals surface area (Å²) in [6.45, 7) is 7.68. The number of hydrogen-bond acceptors (Lipinski definition) is 5. The lowest BCUT2D eigenvalue weighted by molar-refractivity contribution is -0.159. The number of hydrogen-bond donors (Lipinski definition) is 2. The number of aliphatic carboxylic acids is 2. The van der Waals surface area contributed by atoms with Crippen molar-refractivity contribution < 1.29 is 29.3 Å². The van der Waals surface area contributed by atoms with E-state index in [0.29, 0.717) is 6.61 Å². The standard InChI is InChI=1S/C20H38N2O2.C2H2O4/c1-3-5-7-9-10-11-15-23-18-20(17-22-14-13-21-19-22)24-16-12-8-6-4-2;3-1(4)2(5)6/h13-14,19-20H,3-12,15-18H2,1-2H3;(H,3,4)(H,5,6). The molecule has 1 aromatic rings. The van der Waals surface area contributed by atoms with E-state index in [1.807, 2.05) is 18.7 Å². The molecule has 0 aliphatic rings. The van der Waals surface area contributed by atoms with Gasteiger partial charge in [0.1, 0.15) is 0 Å². The van der Waals surface area contributed by atoms with E-state index >= 15 is 0 Å². The molecule has 0 bridgehead atoms. The molecule has 30 heavy (non-hydrogen) atoms. The van der Waals surface area contributed by atoms with E-state index in [4.69, 9.17) is 29.3 Å². The zero-order chi connectivity index (χ0) is 22.5. The first kappa shape index (κ1) is 28.1. The number of imidazole rings is 1. The van der Waals surface area contributed by atoms with Gasteiger partial charge in [-0.2, -0.15) is 0 Å². The third-order valence-corrected chi connectivity index (χ3v) is 4.45. The van der Waals surface area contributed by atoms with Crippen molar-refractivity contribution in [2.24, 2.45) is 0 Å². The summed E-state index contributed by atoms with van der Waals surface area (Å²) in [4.78, 5) is 22.3. The third-order valence-electron chi connectivity index (χ3n) is 4.45. The van der Waals surface area contributed by atoms with Crippen LogP contribution in [-0.2, 0) is 25.6 Å². The van der Waals surface area contributed by atoms with Crippen LogP contribution >= 0.6 is 0 Å². The van der Waals surface area contributed by atoms with Gasteiger partial charge in [0.2, 0.25) is 0 Å². The van der Waals surface area contributed by atoms with Crippen molar-refractivity contribution in [1.29, 1.82) is 0 Å². The molecule has 174 valence electrons. The van der Waals surface area contributed by atoms with Crippen LogP contribution in [0, 0.1) is 0 Å². The highest BCUT2D eigenvalue weighted by Gasteiger charge is 2.10. The van der Waals surface area contributed by atoms with Crippen LogP contribution in [0.4, 0.5) is 0 Å². The molecule has 2 N–H and O–H groups in total. The number of unbranched alkanes of at least 4 members (excludes halogenated alkanes) is 8. The summed E-state index contributed by atoms with van der Waals surface area (Å²) in [5, 5.41) is 14.8. The first-order chi connectivity index (χ1) is 14.5. The Morgan fingerprint density at radius 3 is 2.03 bits per heavy atom. The molecule has 8 heteroatoms. The molecule has 0 aromatic carbocycles. The van der Waals surface area contributed by atoms with Crippen molar-refractivity contribution in [3.05, 3.63) is 18.7 Å². The summed E-state index contributed by atoms with van der Waals surface area (Å²) < 4.78 is 14.0. The topological polar surface area (TPSA) is 111 Å². The van der Waals surface area contributed by atoms with Gasteiger partial charge in [0.15, 0.2) is 0 Å².